The number of nitrogens with one attached hydrogen (secondary N) is 1. The first-order valence-corrected chi connectivity index (χ1v) is 10.1. The summed E-state index contributed by atoms with van der Waals surface area (Å²) >= 11 is 4.75. The molecule has 0 spiro atoms. The van der Waals surface area contributed by atoms with Crippen LogP contribution >= 0.6 is 27.3 Å². The Labute approximate surface area is 175 Å². The molecule has 3 aromatic rings. The fourth-order valence-corrected chi connectivity index (χ4v) is 4.66. The number of carbonyl (C=O) groups excluding carboxylic acids is 2. The van der Waals surface area contributed by atoms with Crippen molar-refractivity contribution in [3.05, 3.63) is 80.1 Å². The Hall–Kier alpha value is -2.64. The third-order valence-electron chi connectivity index (χ3n) is 4.34. The van der Waals surface area contributed by atoms with Gasteiger partial charge in [-0.1, -0.05) is 30.3 Å². The van der Waals surface area contributed by atoms with E-state index in [0.717, 1.165) is 16.0 Å². The molecule has 0 aliphatic heterocycles. The molecule has 3 N–H and O–H groups in total. The van der Waals surface area contributed by atoms with E-state index in [0.29, 0.717) is 32.8 Å². The minimum atomic E-state index is -0.556. The number of halogens is 1. The molecule has 5 nitrogen and oxygen atoms in total. The van der Waals surface area contributed by atoms with Gasteiger partial charge in [0.25, 0.3) is 11.8 Å². The standard InChI is InChI=1S/C21H19BrN2O3S/c1-12-17(10-13-6-4-3-5-7-13)28-21(18(12)19(23)25)24-20(26)14-8-9-16(27-2)15(22)11-14/h3-9,11H,10H2,1-2H3,(H2,23,25)(H,24,26). The van der Waals surface area contributed by atoms with E-state index in [1.165, 1.54) is 11.3 Å². The number of rotatable bonds is 6. The molecule has 0 fully saturated rings. The zero-order valence-electron chi connectivity index (χ0n) is 15.4. The molecule has 2 aromatic carbocycles. The number of hydrogen-bond donors (Lipinski definition) is 2. The van der Waals surface area contributed by atoms with Crippen molar-refractivity contribution in [3.63, 3.8) is 0 Å². The molecule has 1 heterocycles. The third kappa shape index (κ3) is 4.26. The van der Waals surface area contributed by atoms with Crippen LogP contribution in [0.1, 0.15) is 36.7 Å². The maximum absolute atomic E-state index is 12.7. The van der Waals surface area contributed by atoms with Crippen molar-refractivity contribution in [2.24, 2.45) is 5.73 Å². The average Bonchev–Trinajstić information content (AvgIpc) is 2.97. The van der Waals surface area contributed by atoms with E-state index in [2.05, 4.69) is 21.2 Å². The predicted octanol–water partition coefficient (Wildman–Crippen LogP) is 4.77. The maximum atomic E-state index is 12.7. The summed E-state index contributed by atoms with van der Waals surface area (Å²) in [7, 11) is 1.56. The molecular formula is C21H19BrN2O3S. The van der Waals surface area contributed by atoms with Crippen molar-refractivity contribution in [3.8, 4) is 5.75 Å². The van der Waals surface area contributed by atoms with Crippen LogP contribution in [0.2, 0.25) is 0 Å². The van der Waals surface area contributed by atoms with Gasteiger partial charge in [0.1, 0.15) is 10.8 Å². The number of carbonyl (C=O) groups is 2. The van der Waals surface area contributed by atoms with E-state index in [1.807, 2.05) is 37.3 Å². The fraction of sp³-hybridized carbons (Fsp3) is 0.143. The second kappa shape index (κ2) is 8.58. The highest BCUT2D eigenvalue weighted by molar-refractivity contribution is 9.10. The SMILES string of the molecule is COc1ccc(C(=O)Nc2sc(Cc3ccccc3)c(C)c2C(N)=O)cc1Br. The molecular weight excluding hydrogens is 440 g/mol. The lowest BCUT2D eigenvalue weighted by molar-refractivity contribution is 0.100. The van der Waals surface area contributed by atoms with Crippen LogP contribution in [-0.2, 0) is 6.42 Å². The van der Waals surface area contributed by atoms with E-state index in [4.69, 9.17) is 10.5 Å². The Morgan fingerprint density at radius 3 is 2.50 bits per heavy atom. The van der Waals surface area contributed by atoms with Gasteiger partial charge in [-0.2, -0.15) is 0 Å². The summed E-state index contributed by atoms with van der Waals surface area (Å²) in [6.07, 6.45) is 0.668. The highest BCUT2D eigenvalue weighted by atomic mass is 79.9. The smallest absolute Gasteiger partial charge is 0.256 e. The molecule has 144 valence electrons. The van der Waals surface area contributed by atoms with Crippen LogP contribution in [0, 0.1) is 6.92 Å². The monoisotopic (exact) mass is 458 g/mol. The van der Waals surface area contributed by atoms with Crippen molar-refractivity contribution in [2.75, 3.05) is 12.4 Å². The number of ether oxygens (including phenoxy) is 1. The lowest BCUT2D eigenvalue weighted by atomic mass is 10.1. The number of anilines is 1. The summed E-state index contributed by atoms with van der Waals surface area (Å²) in [4.78, 5) is 25.7. The van der Waals surface area contributed by atoms with E-state index >= 15 is 0 Å². The van der Waals surface area contributed by atoms with Crippen molar-refractivity contribution < 1.29 is 14.3 Å². The molecule has 0 aliphatic carbocycles. The largest absolute Gasteiger partial charge is 0.496 e. The van der Waals surface area contributed by atoms with Gasteiger partial charge in [-0.15, -0.1) is 11.3 Å². The molecule has 3 rings (SSSR count). The van der Waals surface area contributed by atoms with Crippen molar-refractivity contribution >= 4 is 44.1 Å². The Kier molecular flexibility index (Phi) is 6.16. The van der Waals surface area contributed by atoms with E-state index in [9.17, 15) is 9.59 Å². The van der Waals surface area contributed by atoms with Crippen LogP contribution < -0.4 is 15.8 Å². The number of methoxy groups -OCH3 is 1. The van der Waals surface area contributed by atoms with Gasteiger partial charge < -0.3 is 15.8 Å². The molecule has 0 saturated carbocycles. The zero-order valence-corrected chi connectivity index (χ0v) is 17.8. The topological polar surface area (TPSA) is 81.4 Å². The van der Waals surface area contributed by atoms with Gasteiger partial charge in [0, 0.05) is 16.9 Å². The molecule has 0 atom stereocenters. The maximum Gasteiger partial charge on any atom is 0.256 e. The quantitative estimate of drug-likeness (QED) is 0.557. The Morgan fingerprint density at radius 1 is 1.18 bits per heavy atom. The fourth-order valence-electron chi connectivity index (χ4n) is 2.88. The highest BCUT2D eigenvalue weighted by Gasteiger charge is 2.21. The van der Waals surface area contributed by atoms with Crippen molar-refractivity contribution in [1.29, 1.82) is 0 Å². The summed E-state index contributed by atoms with van der Waals surface area (Å²) in [5.74, 6) is -0.246. The molecule has 0 unspecified atom stereocenters. The first kappa shape index (κ1) is 20.1. The van der Waals surface area contributed by atoms with Crippen molar-refractivity contribution in [2.45, 2.75) is 13.3 Å². The predicted molar refractivity (Wildman–Crippen MR) is 115 cm³/mol. The summed E-state index contributed by atoms with van der Waals surface area (Å²) < 4.78 is 5.86. The number of amides is 2. The lowest BCUT2D eigenvalue weighted by Crippen LogP contribution is -2.17. The van der Waals surface area contributed by atoms with Crippen LogP contribution in [0.3, 0.4) is 0 Å². The number of thiophene rings is 1. The van der Waals surface area contributed by atoms with Gasteiger partial charge >= 0.3 is 0 Å². The van der Waals surface area contributed by atoms with Gasteiger partial charge in [0.15, 0.2) is 0 Å². The molecule has 28 heavy (non-hydrogen) atoms. The van der Waals surface area contributed by atoms with Crippen LogP contribution in [0.5, 0.6) is 5.75 Å². The molecule has 0 aliphatic rings. The first-order chi connectivity index (χ1) is 13.4. The third-order valence-corrected chi connectivity index (χ3v) is 6.17. The van der Waals surface area contributed by atoms with Crippen LogP contribution in [0.4, 0.5) is 5.00 Å². The van der Waals surface area contributed by atoms with Crippen molar-refractivity contribution in [1.82, 2.24) is 0 Å². The summed E-state index contributed by atoms with van der Waals surface area (Å²) in [5.41, 5.74) is 8.32. The average molecular weight is 459 g/mol. The zero-order chi connectivity index (χ0) is 20.3. The second-order valence-electron chi connectivity index (χ2n) is 6.18. The van der Waals surface area contributed by atoms with Gasteiger partial charge in [-0.3, -0.25) is 9.59 Å². The van der Waals surface area contributed by atoms with E-state index in [1.54, 1.807) is 25.3 Å². The number of benzene rings is 2. The number of nitrogens with two attached hydrogens (primary N) is 1. The van der Waals surface area contributed by atoms with Gasteiger partial charge in [-0.25, -0.2) is 0 Å². The van der Waals surface area contributed by atoms with E-state index in [-0.39, 0.29) is 5.91 Å². The molecule has 1 aromatic heterocycles. The first-order valence-electron chi connectivity index (χ1n) is 8.51. The lowest BCUT2D eigenvalue weighted by Gasteiger charge is -2.07. The highest BCUT2D eigenvalue weighted by Crippen LogP contribution is 2.35. The summed E-state index contributed by atoms with van der Waals surface area (Å²) in [6.45, 7) is 1.86. The van der Waals surface area contributed by atoms with Gasteiger partial charge in [-0.05, 0) is 52.2 Å². The number of primary amides is 1. The Bertz CT molecular complexity index is 1030. The Morgan fingerprint density at radius 2 is 1.89 bits per heavy atom. The van der Waals surface area contributed by atoms with Gasteiger partial charge in [0.05, 0.1) is 17.1 Å². The number of hydrogen-bond acceptors (Lipinski definition) is 4. The summed E-state index contributed by atoms with van der Waals surface area (Å²) in [6, 6.07) is 15.0. The van der Waals surface area contributed by atoms with E-state index < -0.39 is 5.91 Å². The molecule has 0 radical (unpaired) electrons. The van der Waals surface area contributed by atoms with Crippen LogP contribution in [0.15, 0.2) is 53.0 Å². The normalized spacial score (nSPS) is 10.5. The molecule has 2 amide bonds. The minimum absolute atomic E-state index is 0.321. The Balaban J connectivity index is 1.90. The van der Waals surface area contributed by atoms with Crippen LogP contribution in [0.25, 0.3) is 0 Å². The molecule has 7 heteroatoms. The van der Waals surface area contributed by atoms with Crippen LogP contribution in [-0.4, -0.2) is 18.9 Å². The molecule has 0 saturated heterocycles. The van der Waals surface area contributed by atoms with Gasteiger partial charge in [0.2, 0.25) is 0 Å². The second-order valence-corrected chi connectivity index (χ2v) is 8.14. The molecule has 0 bridgehead atoms. The summed E-state index contributed by atoms with van der Waals surface area (Å²) in [5, 5.41) is 3.30. The minimum Gasteiger partial charge on any atom is -0.496 e.